The molecule has 2 aliphatic rings. The molecular weight excluding hydrogens is 369 g/mol. The zero-order chi connectivity index (χ0) is 18.3. The third-order valence-corrected chi connectivity index (χ3v) is 5.77. The first-order valence-corrected chi connectivity index (χ1v) is 9.49. The molecule has 5 heteroatoms. The minimum absolute atomic E-state index is 0.0133. The number of rotatable bonds is 3. The maximum absolute atomic E-state index is 13.1. The minimum atomic E-state index is -0.0214. The third kappa shape index (κ3) is 3.16. The van der Waals surface area contributed by atoms with E-state index in [1.807, 2.05) is 17.0 Å². The molecule has 0 saturated carbocycles. The lowest BCUT2D eigenvalue weighted by Crippen LogP contribution is -2.44. The van der Waals surface area contributed by atoms with Crippen molar-refractivity contribution < 1.29 is 9.90 Å². The Bertz CT molecular complexity index is 889. The average Bonchev–Trinajstić information content (AvgIpc) is 2.98. The number of nitrogens with zero attached hydrogens (tertiary/aromatic N) is 1. The summed E-state index contributed by atoms with van der Waals surface area (Å²) in [6, 6.07) is 13.0. The van der Waals surface area contributed by atoms with E-state index in [-0.39, 0.29) is 18.6 Å². The van der Waals surface area contributed by atoms with Crippen LogP contribution in [0.5, 0.6) is 0 Å². The zero-order valence-corrected chi connectivity index (χ0v) is 15.7. The van der Waals surface area contributed by atoms with Crippen LogP contribution in [0.2, 0.25) is 10.0 Å². The first-order chi connectivity index (χ1) is 12.6. The molecule has 1 heterocycles. The molecule has 0 fully saturated rings. The molecule has 1 N–H and O–H groups in total. The number of carbonyl (C=O) groups excluding carboxylic acids is 1. The number of carbonyl (C=O) groups is 1. The molecular formula is C21H19Cl2NO2. The zero-order valence-electron chi connectivity index (χ0n) is 14.2. The van der Waals surface area contributed by atoms with Crippen LogP contribution in [0, 0.1) is 0 Å². The molecule has 2 aromatic carbocycles. The maximum Gasteiger partial charge on any atom is 0.254 e. The number of fused-ring (bicyclic) bond motifs is 2. The van der Waals surface area contributed by atoms with Crippen molar-refractivity contribution in [1.82, 2.24) is 4.90 Å². The Morgan fingerprint density at radius 1 is 1.12 bits per heavy atom. The highest BCUT2D eigenvalue weighted by atomic mass is 35.5. The Hall–Kier alpha value is -1.81. The smallest absolute Gasteiger partial charge is 0.254 e. The lowest BCUT2D eigenvalue weighted by atomic mass is 9.91. The van der Waals surface area contributed by atoms with Crippen LogP contribution in [0.4, 0.5) is 0 Å². The maximum atomic E-state index is 13.1. The van der Waals surface area contributed by atoms with Gasteiger partial charge in [0, 0.05) is 34.8 Å². The van der Waals surface area contributed by atoms with Crippen molar-refractivity contribution in [3.63, 3.8) is 0 Å². The van der Waals surface area contributed by atoms with Crippen molar-refractivity contribution in [3.8, 4) is 0 Å². The van der Waals surface area contributed by atoms with E-state index < -0.39 is 0 Å². The van der Waals surface area contributed by atoms with Gasteiger partial charge in [-0.05, 0) is 77.9 Å². The van der Waals surface area contributed by atoms with Gasteiger partial charge in [0.05, 0.1) is 0 Å². The van der Waals surface area contributed by atoms with Gasteiger partial charge in [-0.15, -0.1) is 0 Å². The first-order valence-electron chi connectivity index (χ1n) is 8.74. The van der Waals surface area contributed by atoms with E-state index in [2.05, 4.69) is 6.07 Å². The summed E-state index contributed by atoms with van der Waals surface area (Å²) >= 11 is 12.1. The van der Waals surface area contributed by atoms with Gasteiger partial charge in [0.25, 0.3) is 5.91 Å². The fourth-order valence-corrected chi connectivity index (χ4v) is 4.30. The van der Waals surface area contributed by atoms with Gasteiger partial charge in [-0.1, -0.05) is 29.3 Å². The van der Waals surface area contributed by atoms with Crippen molar-refractivity contribution in [2.24, 2.45) is 0 Å². The molecule has 1 aliphatic carbocycles. The van der Waals surface area contributed by atoms with E-state index in [9.17, 15) is 9.90 Å². The standard InChI is InChI=1S/C21H19Cl2NO2/c22-16-4-1-13(2-5-16)21(26)24-12-15-9-14-3-6-17(23)10-19(14)20(15)11-18(24)7-8-25/h1-6,10,18,25H,7-9,11-12H2. The summed E-state index contributed by atoms with van der Waals surface area (Å²) in [5.41, 5.74) is 5.66. The van der Waals surface area contributed by atoms with Crippen LogP contribution in [0.25, 0.3) is 5.57 Å². The fraction of sp³-hybridized carbons (Fsp3) is 0.286. The molecule has 0 bridgehead atoms. The van der Waals surface area contributed by atoms with Crippen LogP contribution in [0.1, 0.15) is 34.3 Å². The van der Waals surface area contributed by atoms with Crippen molar-refractivity contribution in [2.75, 3.05) is 13.2 Å². The van der Waals surface area contributed by atoms with Gasteiger partial charge in [0.1, 0.15) is 0 Å². The highest BCUT2D eigenvalue weighted by molar-refractivity contribution is 6.31. The van der Waals surface area contributed by atoms with Crippen molar-refractivity contribution in [2.45, 2.75) is 25.3 Å². The summed E-state index contributed by atoms with van der Waals surface area (Å²) in [6.07, 6.45) is 2.17. The van der Waals surface area contributed by atoms with Gasteiger partial charge in [0.15, 0.2) is 0 Å². The third-order valence-electron chi connectivity index (χ3n) is 5.28. The summed E-state index contributed by atoms with van der Waals surface area (Å²) in [4.78, 5) is 15.0. The predicted octanol–water partition coefficient (Wildman–Crippen LogP) is 4.60. The molecule has 1 unspecified atom stereocenters. The number of aliphatic hydroxyl groups is 1. The van der Waals surface area contributed by atoms with E-state index >= 15 is 0 Å². The van der Waals surface area contributed by atoms with Gasteiger partial charge in [0.2, 0.25) is 0 Å². The monoisotopic (exact) mass is 387 g/mol. The molecule has 3 nitrogen and oxygen atoms in total. The molecule has 1 aliphatic heterocycles. The molecule has 0 aromatic heterocycles. The van der Waals surface area contributed by atoms with Crippen LogP contribution in [0.15, 0.2) is 48.0 Å². The molecule has 1 atom stereocenters. The summed E-state index contributed by atoms with van der Waals surface area (Å²) < 4.78 is 0. The van der Waals surface area contributed by atoms with Gasteiger partial charge in [-0.3, -0.25) is 4.79 Å². The topological polar surface area (TPSA) is 40.5 Å². The second-order valence-electron chi connectivity index (χ2n) is 6.87. The van der Waals surface area contributed by atoms with Gasteiger partial charge < -0.3 is 10.0 Å². The predicted molar refractivity (Wildman–Crippen MR) is 105 cm³/mol. The van der Waals surface area contributed by atoms with Crippen molar-refractivity contribution in [3.05, 3.63) is 74.8 Å². The van der Waals surface area contributed by atoms with E-state index in [1.54, 1.807) is 24.3 Å². The number of hydrogen-bond acceptors (Lipinski definition) is 2. The van der Waals surface area contributed by atoms with Gasteiger partial charge in [-0.2, -0.15) is 0 Å². The highest BCUT2D eigenvalue weighted by Gasteiger charge is 2.35. The Kier molecular flexibility index (Phi) is 4.78. The summed E-state index contributed by atoms with van der Waals surface area (Å²) in [5.74, 6) is -0.0133. The van der Waals surface area contributed by atoms with Crippen LogP contribution in [-0.4, -0.2) is 35.1 Å². The van der Waals surface area contributed by atoms with Crippen LogP contribution in [0.3, 0.4) is 0 Å². The Labute approximate surface area is 162 Å². The molecule has 1 amide bonds. The highest BCUT2D eigenvalue weighted by Crippen LogP contribution is 2.42. The van der Waals surface area contributed by atoms with E-state index in [1.165, 1.54) is 22.3 Å². The molecule has 0 radical (unpaired) electrons. The van der Waals surface area contributed by atoms with Crippen LogP contribution < -0.4 is 0 Å². The van der Waals surface area contributed by atoms with Crippen LogP contribution in [-0.2, 0) is 6.42 Å². The number of benzene rings is 2. The van der Waals surface area contributed by atoms with Gasteiger partial charge in [-0.25, -0.2) is 0 Å². The molecule has 4 rings (SSSR count). The lowest BCUT2D eigenvalue weighted by molar-refractivity contribution is 0.0662. The normalized spacial score (nSPS) is 18.7. The Morgan fingerprint density at radius 2 is 1.85 bits per heavy atom. The molecule has 0 spiro atoms. The minimum Gasteiger partial charge on any atom is -0.396 e. The largest absolute Gasteiger partial charge is 0.396 e. The van der Waals surface area contributed by atoms with E-state index in [0.29, 0.717) is 23.6 Å². The molecule has 26 heavy (non-hydrogen) atoms. The summed E-state index contributed by atoms with van der Waals surface area (Å²) in [7, 11) is 0. The lowest BCUT2D eigenvalue weighted by Gasteiger charge is -2.37. The summed E-state index contributed by atoms with van der Waals surface area (Å²) in [5, 5.41) is 10.9. The summed E-state index contributed by atoms with van der Waals surface area (Å²) in [6.45, 7) is 0.647. The second-order valence-corrected chi connectivity index (χ2v) is 7.74. The van der Waals surface area contributed by atoms with Crippen molar-refractivity contribution >= 4 is 34.7 Å². The number of halogens is 2. The second kappa shape index (κ2) is 7.07. The van der Waals surface area contributed by atoms with E-state index in [0.717, 1.165) is 17.9 Å². The average molecular weight is 388 g/mol. The quantitative estimate of drug-likeness (QED) is 0.835. The first kappa shape index (κ1) is 17.6. The molecule has 134 valence electrons. The van der Waals surface area contributed by atoms with Gasteiger partial charge >= 0.3 is 0 Å². The van der Waals surface area contributed by atoms with Crippen LogP contribution >= 0.6 is 23.2 Å². The number of aliphatic hydroxyl groups excluding tert-OH is 1. The van der Waals surface area contributed by atoms with E-state index in [4.69, 9.17) is 23.2 Å². The Morgan fingerprint density at radius 3 is 2.58 bits per heavy atom. The number of hydrogen-bond donors (Lipinski definition) is 1. The SMILES string of the molecule is O=C(c1ccc(Cl)cc1)N1CC2=C(CC1CCO)c1cc(Cl)ccc1C2. The molecule has 2 aromatic rings. The fourth-order valence-electron chi connectivity index (χ4n) is 4.00. The molecule has 0 saturated heterocycles. The number of amides is 1. The Balaban J connectivity index is 1.66. The van der Waals surface area contributed by atoms with Crippen molar-refractivity contribution in [1.29, 1.82) is 0 Å².